The van der Waals surface area contributed by atoms with Crippen molar-refractivity contribution in [1.29, 1.82) is 0 Å². The van der Waals surface area contributed by atoms with E-state index < -0.39 is 132 Å². The fraction of sp³-hybridized carbons (Fsp3) is 0.254. The summed E-state index contributed by atoms with van der Waals surface area (Å²) in [6, 6.07) is 14.7. The molecule has 0 atom stereocenters. The van der Waals surface area contributed by atoms with Gasteiger partial charge in [0.15, 0.2) is 46.0 Å². The highest BCUT2D eigenvalue weighted by molar-refractivity contribution is 6.37. The number of benzene rings is 6. The zero-order valence-electron chi connectivity index (χ0n) is 41.9. The van der Waals surface area contributed by atoms with E-state index in [1.165, 1.54) is 48.5 Å². The SMILES string of the molecule is CCC12C3=C(C(=O)N(c4ccc(C(c5ccc(N6C(=O)C7=C(C6=O)C6(CC)c8cc(O)c(O)cc8C7(CC)c7cc(O)c(O)cc76)cc5)(C(F)(F)F)C(F)(F)F)cc4)C3=O)C(CC)(c3cc(O)c(O)cc31)c1cc(O)c(O)cc12. The van der Waals surface area contributed by atoms with Crippen molar-refractivity contribution in [2.45, 2.75) is 92.8 Å². The number of carbonyl (C=O) groups excluding carboxylic acids is 4. The Kier molecular flexibility index (Phi) is 10.1. The molecule has 404 valence electrons. The number of phenols is 8. The van der Waals surface area contributed by atoms with Crippen LogP contribution in [-0.4, -0.2) is 76.8 Å². The summed E-state index contributed by atoms with van der Waals surface area (Å²) in [6.07, 6.45) is -12.5. The minimum absolute atomic E-state index is 0.0294. The third-order valence-corrected chi connectivity index (χ3v) is 18.1. The number of halogens is 6. The molecule has 0 aromatic heterocycles. The number of rotatable bonds is 8. The third-order valence-electron chi connectivity index (χ3n) is 18.1. The summed E-state index contributed by atoms with van der Waals surface area (Å²) in [4.78, 5) is 61.3. The molecule has 6 aromatic carbocycles. The largest absolute Gasteiger partial charge is 0.504 e. The summed E-state index contributed by atoms with van der Waals surface area (Å²) in [5, 5.41) is 86.6. The maximum atomic E-state index is 15.8. The van der Waals surface area contributed by atoms with E-state index in [0.717, 1.165) is 24.3 Å². The summed E-state index contributed by atoms with van der Waals surface area (Å²) in [7, 11) is 0. The molecule has 20 heteroatoms. The minimum atomic E-state index is -6.17. The second-order valence-corrected chi connectivity index (χ2v) is 20.8. The predicted octanol–water partition coefficient (Wildman–Crippen LogP) is 9.92. The second kappa shape index (κ2) is 15.6. The van der Waals surface area contributed by atoms with Crippen LogP contribution >= 0.6 is 0 Å². The summed E-state index contributed by atoms with van der Waals surface area (Å²) in [6.45, 7) is 6.56. The van der Waals surface area contributed by atoms with Gasteiger partial charge < -0.3 is 40.9 Å². The summed E-state index contributed by atoms with van der Waals surface area (Å²) in [5.74, 6) is -8.74. The van der Waals surface area contributed by atoms with Crippen molar-refractivity contribution < 1.29 is 86.4 Å². The van der Waals surface area contributed by atoms with Crippen LogP contribution in [0, 0.1) is 0 Å². The number of nitrogens with zero attached hydrogens (tertiary/aromatic N) is 2. The third kappa shape index (κ3) is 5.53. The average Bonchev–Trinajstić information content (AvgIpc) is 2.77. The summed E-state index contributed by atoms with van der Waals surface area (Å²) in [5.41, 5.74) is -13.6. The summed E-state index contributed by atoms with van der Waals surface area (Å²) >= 11 is 0. The fourth-order valence-corrected chi connectivity index (χ4v) is 14.8. The van der Waals surface area contributed by atoms with Crippen molar-refractivity contribution in [2.24, 2.45) is 0 Å². The van der Waals surface area contributed by atoms with E-state index in [4.69, 9.17) is 0 Å². The van der Waals surface area contributed by atoms with Crippen LogP contribution in [0.25, 0.3) is 0 Å². The lowest BCUT2D eigenvalue weighted by Crippen LogP contribution is -2.54. The highest BCUT2D eigenvalue weighted by Crippen LogP contribution is 2.70. The molecule has 0 radical (unpaired) electrons. The van der Waals surface area contributed by atoms with Crippen LogP contribution in [0.15, 0.2) is 119 Å². The van der Waals surface area contributed by atoms with Gasteiger partial charge in [0, 0.05) is 22.3 Å². The predicted molar refractivity (Wildman–Crippen MR) is 268 cm³/mol. The molecule has 0 fully saturated rings. The van der Waals surface area contributed by atoms with E-state index in [1.54, 1.807) is 27.7 Å². The lowest BCUT2D eigenvalue weighted by atomic mass is 9.46. The number of aromatic hydroxyl groups is 8. The molecule has 6 aromatic rings. The lowest BCUT2D eigenvalue weighted by Gasteiger charge is -2.54. The van der Waals surface area contributed by atoms with Gasteiger partial charge in [-0.3, -0.25) is 19.2 Å². The molecule has 2 heterocycles. The number of alkyl halides is 6. The molecule has 0 unspecified atom stereocenters. The maximum Gasteiger partial charge on any atom is 0.411 e. The monoisotopic (exact) mass is 1090 g/mol. The number of phenolic OH excluding ortho intramolecular Hbond substituents is 8. The van der Waals surface area contributed by atoms with E-state index in [9.17, 15) is 40.9 Å². The topological polar surface area (TPSA) is 237 Å². The zero-order chi connectivity index (χ0) is 57.0. The van der Waals surface area contributed by atoms with Crippen molar-refractivity contribution >= 4 is 35.0 Å². The molecule has 0 spiro atoms. The first-order valence-electron chi connectivity index (χ1n) is 25.1. The van der Waals surface area contributed by atoms with Crippen LogP contribution in [0.1, 0.15) is 109 Å². The van der Waals surface area contributed by atoms with Gasteiger partial charge in [0.2, 0.25) is 5.41 Å². The van der Waals surface area contributed by atoms with Crippen molar-refractivity contribution in [3.8, 4) is 46.0 Å². The normalized spacial score (nSPS) is 23.6. The van der Waals surface area contributed by atoms with Crippen molar-refractivity contribution in [1.82, 2.24) is 0 Å². The number of imide groups is 2. The first-order valence-corrected chi connectivity index (χ1v) is 25.1. The molecular formula is C59H44F6N2O12. The van der Waals surface area contributed by atoms with Gasteiger partial charge in [-0.15, -0.1) is 0 Å². The first kappa shape index (κ1) is 50.9. The van der Waals surface area contributed by atoms with E-state index in [2.05, 4.69) is 0 Å². The van der Waals surface area contributed by atoms with E-state index in [0.29, 0.717) is 34.1 Å². The van der Waals surface area contributed by atoms with Crippen LogP contribution < -0.4 is 9.80 Å². The van der Waals surface area contributed by atoms with Gasteiger partial charge in [-0.05, 0) is 154 Å². The Labute approximate surface area is 443 Å². The van der Waals surface area contributed by atoms with Crippen molar-refractivity contribution in [2.75, 3.05) is 9.80 Å². The standard InChI is InChI=1S/C59H44F6N2O12/c1-5-53-29-17-37(68)39(70)19-31(29)54(6-2,32-20-40(71)38(69)18-30(32)53)46-45(53)49(76)66(50(46)77)27-13-9-25(10-14-27)57(58(60,61)62,59(63,64)65)26-11-15-28(16-12-26)67-51(78)47-48(52(67)79)56(8-4)35-23-43(74)41(72)21-33(35)55(47,7-3)34-22-42(73)44(75)24-36(34)56/h9-24,68-75H,5-8H2,1-4H3. The molecule has 4 amide bonds. The number of amides is 4. The molecule has 79 heavy (non-hydrogen) atoms. The van der Waals surface area contributed by atoms with Crippen molar-refractivity contribution in [3.63, 3.8) is 0 Å². The molecule has 14 rings (SSSR count). The van der Waals surface area contributed by atoms with E-state index in [-0.39, 0.29) is 92.5 Å². The quantitative estimate of drug-likeness (QED) is 0.0404. The molecule has 14 nitrogen and oxygen atoms in total. The molecule has 8 N–H and O–H groups in total. The van der Waals surface area contributed by atoms with Crippen LogP contribution in [0.3, 0.4) is 0 Å². The van der Waals surface area contributed by atoms with Crippen LogP contribution in [0.5, 0.6) is 46.0 Å². The first-order chi connectivity index (χ1) is 37.2. The van der Waals surface area contributed by atoms with Gasteiger partial charge in [0.1, 0.15) is 0 Å². The van der Waals surface area contributed by atoms with E-state index in [1.807, 2.05) is 0 Å². The van der Waals surface area contributed by atoms with Crippen LogP contribution in [0.4, 0.5) is 37.7 Å². The van der Waals surface area contributed by atoms with Crippen LogP contribution in [-0.2, 0) is 46.3 Å². The van der Waals surface area contributed by atoms with Gasteiger partial charge in [0.05, 0.1) is 33.0 Å². The highest BCUT2D eigenvalue weighted by Gasteiger charge is 2.73. The Hall–Kier alpha value is -8.94. The maximum absolute atomic E-state index is 15.8. The molecule has 0 saturated heterocycles. The molecule has 4 bridgehead atoms. The number of hydrogen-bond acceptors (Lipinski definition) is 12. The summed E-state index contributed by atoms with van der Waals surface area (Å²) < 4.78 is 95.0. The Morgan fingerprint density at radius 3 is 0.671 bits per heavy atom. The Balaban J connectivity index is 0.949. The van der Waals surface area contributed by atoms with E-state index >= 15 is 45.5 Å². The molecular weight excluding hydrogens is 1040 g/mol. The van der Waals surface area contributed by atoms with Gasteiger partial charge in [-0.2, -0.15) is 26.3 Å². The molecule has 2 aliphatic heterocycles. The molecule has 6 aliphatic carbocycles. The fourth-order valence-electron chi connectivity index (χ4n) is 14.8. The lowest BCUT2D eigenvalue weighted by molar-refractivity contribution is -0.288. The van der Waals surface area contributed by atoms with Crippen LogP contribution in [0.2, 0.25) is 0 Å². The number of hydrogen-bond donors (Lipinski definition) is 8. The van der Waals surface area contributed by atoms with Gasteiger partial charge in [-0.1, -0.05) is 52.0 Å². The number of anilines is 2. The Morgan fingerprint density at radius 1 is 0.342 bits per heavy atom. The average molecular weight is 1090 g/mol. The Bertz CT molecular complexity index is 3360. The zero-order valence-corrected chi connectivity index (χ0v) is 41.9. The number of carbonyl (C=O) groups is 4. The minimum Gasteiger partial charge on any atom is -0.504 e. The van der Waals surface area contributed by atoms with Gasteiger partial charge >= 0.3 is 12.4 Å². The van der Waals surface area contributed by atoms with Gasteiger partial charge in [-0.25, -0.2) is 9.80 Å². The Morgan fingerprint density at radius 2 is 0.519 bits per heavy atom. The smallest absolute Gasteiger partial charge is 0.411 e. The molecule has 0 saturated carbocycles. The second-order valence-electron chi connectivity index (χ2n) is 20.8. The van der Waals surface area contributed by atoms with Gasteiger partial charge in [0.25, 0.3) is 23.6 Å². The molecule has 8 aliphatic rings. The van der Waals surface area contributed by atoms with Crippen molar-refractivity contribution in [3.05, 3.63) is 175 Å². The highest BCUT2D eigenvalue weighted by atomic mass is 19.4.